The summed E-state index contributed by atoms with van der Waals surface area (Å²) >= 11 is 0. The van der Waals surface area contributed by atoms with Crippen LogP contribution in [0.25, 0.3) is 0 Å². The summed E-state index contributed by atoms with van der Waals surface area (Å²) in [6.45, 7) is 6.66. The van der Waals surface area contributed by atoms with Crippen LogP contribution in [0.5, 0.6) is 0 Å². The van der Waals surface area contributed by atoms with Crippen LogP contribution in [0.2, 0.25) is 0 Å². The average molecular weight is 283 g/mol. The van der Waals surface area contributed by atoms with Crippen molar-refractivity contribution < 1.29 is 9.90 Å². The number of likely N-dealkylation sites (N-methyl/N-ethyl adjacent to an activating group) is 1. The lowest BCUT2D eigenvalue weighted by molar-refractivity contribution is 0.113. The lowest BCUT2D eigenvalue weighted by atomic mass is 9.99. The fraction of sp³-hybridized carbons (Fsp3) is 0.933. The van der Waals surface area contributed by atoms with E-state index >= 15 is 0 Å². The number of rotatable bonds is 6. The molecule has 5 nitrogen and oxygen atoms in total. The molecule has 0 aromatic carbocycles. The molecule has 2 rings (SSSR count). The molecule has 0 aromatic heterocycles. The van der Waals surface area contributed by atoms with Gasteiger partial charge in [0, 0.05) is 26.7 Å². The third kappa shape index (κ3) is 4.94. The summed E-state index contributed by atoms with van der Waals surface area (Å²) in [7, 11) is 1.75. The van der Waals surface area contributed by atoms with Gasteiger partial charge >= 0.3 is 6.03 Å². The standard InChI is InChI=1S/C15H29N3O2/c1-12-5-8-18(9-6-12)10-7-16-15(20)17(2)11-14(19)13-3-4-13/h12-14,19H,3-11H2,1-2H3,(H,16,20). The molecule has 1 saturated carbocycles. The highest BCUT2D eigenvalue weighted by Crippen LogP contribution is 2.32. The monoisotopic (exact) mass is 283 g/mol. The number of hydrogen-bond acceptors (Lipinski definition) is 3. The van der Waals surface area contributed by atoms with E-state index in [1.54, 1.807) is 11.9 Å². The van der Waals surface area contributed by atoms with E-state index in [0.717, 1.165) is 38.4 Å². The molecule has 5 heteroatoms. The first-order chi connectivity index (χ1) is 9.56. The summed E-state index contributed by atoms with van der Waals surface area (Å²) in [5.41, 5.74) is 0. The number of urea groups is 1. The van der Waals surface area contributed by atoms with Crippen LogP contribution in [-0.2, 0) is 0 Å². The first-order valence-corrected chi connectivity index (χ1v) is 7.95. The van der Waals surface area contributed by atoms with E-state index in [2.05, 4.69) is 17.1 Å². The highest BCUT2D eigenvalue weighted by Gasteiger charge is 2.31. The van der Waals surface area contributed by atoms with Gasteiger partial charge in [0.05, 0.1) is 6.10 Å². The summed E-state index contributed by atoms with van der Waals surface area (Å²) < 4.78 is 0. The molecule has 1 saturated heterocycles. The number of nitrogens with zero attached hydrogens (tertiary/aromatic N) is 2. The van der Waals surface area contributed by atoms with E-state index in [9.17, 15) is 9.90 Å². The quantitative estimate of drug-likeness (QED) is 0.768. The minimum Gasteiger partial charge on any atom is -0.391 e. The van der Waals surface area contributed by atoms with Gasteiger partial charge in [-0.05, 0) is 50.6 Å². The number of likely N-dealkylation sites (tertiary alicyclic amines) is 1. The molecule has 20 heavy (non-hydrogen) atoms. The van der Waals surface area contributed by atoms with E-state index in [-0.39, 0.29) is 12.1 Å². The summed E-state index contributed by atoms with van der Waals surface area (Å²) in [6.07, 6.45) is 4.38. The maximum atomic E-state index is 11.9. The van der Waals surface area contributed by atoms with Crippen LogP contribution < -0.4 is 5.32 Å². The molecule has 1 unspecified atom stereocenters. The van der Waals surface area contributed by atoms with E-state index in [1.165, 1.54) is 12.8 Å². The maximum absolute atomic E-state index is 11.9. The summed E-state index contributed by atoms with van der Waals surface area (Å²) in [5.74, 6) is 1.26. The molecule has 1 atom stereocenters. The molecule has 2 N–H and O–H groups in total. The van der Waals surface area contributed by atoms with Crippen LogP contribution in [0.15, 0.2) is 0 Å². The predicted octanol–water partition coefficient (Wildman–Crippen LogP) is 1.13. The Hall–Kier alpha value is -0.810. The molecule has 0 spiro atoms. The van der Waals surface area contributed by atoms with Crippen molar-refractivity contribution in [3.8, 4) is 0 Å². The van der Waals surface area contributed by atoms with Gasteiger partial charge in [0.2, 0.25) is 0 Å². The van der Waals surface area contributed by atoms with Gasteiger partial charge in [0.15, 0.2) is 0 Å². The number of nitrogens with one attached hydrogen (secondary N) is 1. The lowest BCUT2D eigenvalue weighted by Crippen LogP contribution is -2.45. The summed E-state index contributed by atoms with van der Waals surface area (Å²) in [6, 6.07) is -0.0740. The highest BCUT2D eigenvalue weighted by atomic mass is 16.3. The summed E-state index contributed by atoms with van der Waals surface area (Å²) in [4.78, 5) is 15.9. The Balaban J connectivity index is 1.57. The van der Waals surface area contributed by atoms with E-state index in [4.69, 9.17) is 0 Å². The maximum Gasteiger partial charge on any atom is 0.317 e. The number of amides is 2. The molecular weight excluding hydrogens is 254 g/mol. The normalized spacial score (nSPS) is 22.6. The van der Waals surface area contributed by atoms with Crippen LogP contribution in [0.1, 0.15) is 32.6 Å². The molecule has 2 aliphatic rings. The van der Waals surface area contributed by atoms with Crippen LogP contribution in [0.4, 0.5) is 4.79 Å². The molecule has 116 valence electrons. The van der Waals surface area contributed by atoms with Gasteiger partial charge in [-0.1, -0.05) is 6.92 Å². The Bertz CT molecular complexity index is 312. The van der Waals surface area contributed by atoms with Crippen molar-refractivity contribution >= 4 is 6.03 Å². The second-order valence-corrected chi connectivity index (χ2v) is 6.54. The van der Waals surface area contributed by atoms with Gasteiger partial charge < -0.3 is 20.2 Å². The van der Waals surface area contributed by atoms with E-state index < -0.39 is 0 Å². The van der Waals surface area contributed by atoms with Crippen LogP contribution in [-0.4, -0.2) is 66.8 Å². The smallest absolute Gasteiger partial charge is 0.317 e. The number of piperidine rings is 1. The Morgan fingerprint density at radius 3 is 2.60 bits per heavy atom. The molecular formula is C15H29N3O2. The van der Waals surface area contributed by atoms with Gasteiger partial charge in [-0.25, -0.2) is 4.79 Å². The molecule has 1 heterocycles. The van der Waals surface area contributed by atoms with E-state index in [1.807, 2.05) is 0 Å². The van der Waals surface area contributed by atoms with Crippen molar-refractivity contribution in [2.75, 3.05) is 39.8 Å². The van der Waals surface area contributed by atoms with E-state index in [0.29, 0.717) is 19.0 Å². The molecule has 0 bridgehead atoms. The number of hydrogen-bond donors (Lipinski definition) is 2. The molecule has 0 aromatic rings. The third-order valence-corrected chi connectivity index (χ3v) is 4.55. The average Bonchev–Trinajstić information content (AvgIpc) is 3.25. The Morgan fingerprint density at radius 2 is 2.00 bits per heavy atom. The second-order valence-electron chi connectivity index (χ2n) is 6.54. The van der Waals surface area contributed by atoms with Crippen LogP contribution in [0, 0.1) is 11.8 Å². The topological polar surface area (TPSA) is 55.8 Å². The first-order valence-electron chi connectivity index (χ1n) is 7.95. The van der Waals surface area contributed by atoms with Crippen molar-refractivity contribution in [2.45, 2.75) is 38.7 Å². The minimum atomic E-state index is -0.352. The highest BCUT2D eigenvalue weighted by molar-refractivity contribution is 5.73. The zero-order valence-corrected chi connectivity index (χ0v) is 12.8. The van der Waals surface area contributed by atoms with Crippen molar-refractivity contribution in [3.05, 3.63) is 0 Å². The van der Waals surface area contributed by atoms with Gasteiger partial charge in [-0.2, -0.15) is 0 Å². The second kappa shape index (κ2) is 7.27. The first kappa shape index (κ1) is 15.6. The van der Waals surface area contributed by atoms with Crippen molar-refractivity contribution in [3.63, 3.8) is 0 Å². The predicted molar refractivity (Wildman–Crippen MR) is 79.6 cm³/mol. The zero-order valence-electron chi connectivity index (χ0n) is 12.8. The summed E-state index contributed by atoms with van der Waals surface area (Å²) in [5, 5.41) is 12.8. The van der Waals surface area contributed by atoms with Gasteiger partial charge in [-0.3, -0.25) is 0 Å². The molecule has 2 amide bonds. The molecule has 1 aliphatic heterocycles. The van der Waals surface area contributed by atoms with Crippen LogP contribution >= 0.6 is 0 Å². The molecule has 1 aliphatic carbocycles. The largest absolute Gasteiger partial charge is 0.391 e. The van der Waals surface area contributed by atoms with Gasteiger partial charge in [0.25, 0.3) is 0 Å². The number of carbonyl (C=O) groups is 1. The SMILES string of the molecule is CC1CCN(CCNC(=O)N(C)CC(O)C2CC2)CC1. The van der Waals surface area contributed by atoms with Crippen LogP contribution in [0.3, 0.4) is 0 Å². The zero-order chi connectivity index (χ0) is 14.5. The number of aliphatic hydroxyl groups is 1. The number of aliphatic hydroxyl groups excluding tert-OH is 1. The van der Waals surface area contributed by atoms with Crippen molar-refractivity contribution in [1.29, 1.82) is 0 Å². The fourth-order valence-corrected chi connectivity index (χ4v) is 2.74. The van der Waals surface area contributed by atoms with Crippen molar-refractivity contribution in [1.82, 2.24) is 15.1 Å². The van der Waals surface area contributed by atoms with Crippen molar-refractivity contribution in [2.24, 2.45) is 11.8 Å². The molecule has 2 fully saturated rings. The Kier molecular flexibility index (Phi) is 5.66. The number of carbonyl (C=O) groups excluding carboxylic acids is 1. The fourth-order valence-electron chi connectivity index (χ4n) is 2.74. The molecule has 0 radical (unpaired) electrons. The minimum absolute atomic E-state index is 0.0740. The van der Waals surface area contributed by atoms with Gasteiger partial charge in [0.1, 0.15) is 0 Å². The lowest BCUT2D eigenvalue weighted by Gasteiger charge is -2.30. The van der Waals surface area contributed by atoms with Gasteiger partial charge in [-0.15, -0.1) is 0 Å². The Labute approximate surface area is 122 Å². The third-order valence-electron chi connectivity index (χ3n) is 4.55. The Morgan fingerprint density at radius 1 is 1.35 bits per heavy atom.